The molecular weight excluding hydrogens is 390 g/mol. The van der Waals surface area contributed by atoms with Gasteiger partial charge >= 0.3 is 5.97 Å². The molecule has 1 fully saturated rings. The summed E-state index contributed by atoms with van der Waals surface area (Å²) < 4.78 is 5.11. The van der Waals surface area contributed by atoms with Crippen LogP contribution in [0.3, 0.4) is 0 Å². The van der Waals surface area contributed by atoms with E-state index in [1.807, 2.05) is 13.8 Å². The van der Waals surface area contributed by atoms with Gasteiger partial charge in [0.1, 0.15) is 5.00 Å². The highest BCUT2D eigenvalue weighted by molar-refractivity contribution is 7.16. The van der Waals surface area contributed by atoms with Crippen LogP contribution in [0.1, 0.15) is 50.9 Å². The van der Waals surface area contributed by atoms with Crippen LogP contribution in [-0.2, 0) is 9.53 Å². The van der Waals surface area contributed by atoms with Crippen molar-refractivity contribution in [1.82, 2.24) is 5.32 Å². The van der Waals surface area contributed by atoms with E-state index in [-0.39, 0.29) is 31.0 Å². The SMILES string of the molecule is CCOC(=O)c1c(NC(=O)CNc2ccccc2C(=O)NC2CC2)sc(C)c1C. The van der Waals surface area contributed by atoms with Crippen LogP contribution >= 0.6 is 11.3 Å². The van der Waals surface area contributed by atoms with E-state index in [1.54, 1.807) is 31.2 Å². The Morgan fingerprint density at radius 1 is 1.17 bits per heavy atom. The summed E-state index contributed by atoms with van der Waals surface area (Å²) in [4.78, 5) is 38.0. The monoisotopic (exact) mass is 415 g/mol. The Morgan fingerprint density at radius 2 is 1.90 bits per heavy atom. The molecule has 0 spiro atoms. The number of carbonyl (C=O) groups is 3. The van der Waals surface area contributed by atoms with Crippen LogP contribution < -0.4 is 16.0 Å². The summed E-state index contributed by atoms with van der Waals surface area (Å²) >= 11 is 1.34. The van der Waals surface area contributed by atoms with Crippen LogP contribution in [0.15, 0.2) is 24.3 Å². The van der Waals surface area contributed by atoms with Crippen LogP contribution in [0.5, 0.6) is 0 Å². The first kappa shape index (κ1) is 20.9. The zero-order valence-electron chi connectivity index (χ0n) is 16.8. The van der Waals surface area contributed by atoms with E-state index in [0.717, 1.165) is 23.3 Å². The summed E-state index contributed by atoms with van der Waals surface area (Å²) in [6.45, 7) is 5.70. The first-order chi connectivity index (χ1) is 13.9. The molecule has 1 aromatic heterocycles. The minimum atomic E-state index is -0.445. The topological polar surface area (TPSA) is 96.5 Å². The fraction of sp³-hybridized carbons (Fsp3) is 0.381. The molecule has 1 aliphatic carbocycles. The number of nitrogens with one attached hydrogen (secondary N) is 3. The third-order valence-electron chi connectivity index (χ3n) is 4.64. The first-order valence-corrected chi connectivity index (χ1v) is 10.4. The second-order valence-corrected chi connectivity index (χ2v) is 8.13. The van der Waals surface area contributed by atoms with Crippen molar-refractivity contribution in [2.45, 2.75) is 39.7 Å². The van der Waals surface area contributed by atoms with Crippen molar-refractivity contribution in [3.05, 3.63) is 45.8 Å². The molecule has 1 aliphatic rings. The van der Waals surface area contributed by atoms with E-state index in [2.05, 4.69) is 16.0 Å². The number of ether oxygens (including phenoxy) is 1. The quantitative estimate of drug-likeness (QED) is 0.574. The predicted octanol–water partition coefficient (Wildman–Crippen LogP) is 3.48. The third kappa shape index (κ3) is 5.14. The molecule has 29 heavy (non-hydrogen) atoms. The Morgan fingerprint density at radius 3 is 2.59 bits per heavy atom. The fourth-order valence-corrected chi connectivity index (χ4v) is 3.90. The van der Waals surface area contributed by atoms with Crippen molar-refractivity contribution in [3.63, 3.8) is 0 Å². The Hall–Kier alpha value is -2.87. The molecule has 2 aromatic rings. The molecule has 3 N–H and O–H groups in total. The molecule has 0 radical (unpaired) electrons. The molecule has 0 saturated heterocycles. The Labute approximate surface area is 173 Å². The summed E-state index contributed by atoms with van der Waals surface area (Å²) in [6.07, 6.45) is 2.01. The predicted molar refractivity (Wildman–Crippen MR) is 114 cm³/mol. The highest BCUT2D eigenvalue weighted by Crippen LogP contribution is 2.33. The molecule has 1 saturated carbocycles. The van der Waals surface area contributed by atoms with Gasteiger partial charge in [0.25, 0.3) is 5.91 Å². The van der Waals surface area contributed by atoms with Crippen LogP contribution in [0.25, 0.3) is 0 Å². The lowest BCUT2D eigenvalue weighted by molar-refractivity contribution is -0.114. The summed E-state index contributed by atoms with van der Waals surface area (Å²) in [5.74, 6) is -0.904. The van der Waals surface area contributed by atoms with E-state index in [4.69, 9.17) is 4.74 Å². The second kappa shape index (κ2) is 9.09. The summed E-state index contributed by atoms with van der Waals surface area (Å²) in [7, 11) is 0. The Balaban J connectivity index is 1.66. The number of para-hydroxylation sites is 1. The molecule has 1 heterocycles. The van der Waals surface area contributed by atoms with E-state index in [9.17, 15) is 14.4 Å². The minimum Gasteiger partial charge on any atom is -0.462 e. The summed E-state index contributed by atoms with van der Waals surface area (Å²) in [5.41, 5.74) is 2.29. The normalized spacial score (nSPS) is 12.9. The zero-order valence-corrected chi connectivity index (χ0v) is 17.6. The van der Waals surface area contributed by atoms with Crippen molar-refractivity contribution in [1.29, 1.82) is 0 Å². The van der Waals surface area contributed by atoms with Crippen LogP contribution in [0.2, 0.25) is 0 Å². The second-order valence-electron chi connectivity index (χ2n) is 6.90. The third-order valence-corrected chi connectivity index (χ3v) is 5.76. The maximum Gasteiger partial charge on any atom is 0.341 e. The van der Waals surface area contributed by atoms with Gasteiger partial charge in [-0.2, -0.15) is 0 Å². The first-order valence-electron chi connectivity index (χ1n) is 9.61. The van der Waals surface area contributed by atoms with Crippen LogP contribution in [-0.4, -0.2) is 37.0 Å². The number of hydrogen-bond donors (Lipinski definition) is 3. The minimum absolute atomic E-state index is 0.0357. The zero-order chi connectivity index (χ0) is 21.0. The summed E-state index contributed by atoms with van der Waals surface area (Å²) in [6, 6.07) is 7.33. The van der Waals surface area contributed by atoms with Gasteiger partial charge in [-0.3, -0.25) is 9.59 Å². The lowest BCUT2D eigenvalue weighted by Gasteiger charge is -2.12. The molecule has 1 aromatic carbocycles. The molecule has 0 bridgehead atoms. The molecular formula is C21H25N3O4S. The number of hydrogen-bond acceptors (Lipinski definition) is 6. The maximum absolute atomic E-state index is 12.5. The van der Waals surface area contributed by atoms with Gasteiger partial charge in [0.15, 0.2) is 0 Å². The highest BCUT2D eigenvalue weighted by Gasteiger charge is 2.25. The van der Waals surface area contributed by atoms with Gasteiger partial charge in [-0.25, -0.2) is 4.79 Å². The molecule has 154 valence electrons. The molecule has 0 aliphatic heterocycles. The molecule has 0 atom stereocenters. The van der Waals surface area contributed by atoms with E-state index >= 15 is 0 Å². The van der Waals surface area contributed by atoms with Gasteiger partial charge in [0.2, 0.25) is 5.91 Å². The van der Waals surface area contributed by atoms with Gasteiger partial charge in [0, 0.05) is 16.6 Å². The van der Waals surface area contributed by atoms with Crippen molar-refractivity contribution >= 4 is 39.8 Å². The summed E-state index contributed by atoms with van der Waals surface area (Å²) in [5, 5.41) is 9.23. The Kier molecular flexibility index (Phi) is 6.53. The van der Waals surface area contributed by atoms with E-state index in [0.29, 0.717) is 21.8 Å². The molecule has 0 unspecified atom stereocenters. The van der Waals surface area contributed by atoms with Gasteiger partial charge in [0.05, 0.1) is 24.3 Å². The number of carbonyl (C=O) groups excluding carboxylic acids is 3. The van der Waals surface area contributed by atoms with Gasteiger partial charge in [-0.1, -0.05) is 12.1 Å². The van der Waals surface area contributed by atoms with Crippen molar-refractivity contribution in [2.24, 2.45) is 0 Å². The van der Waals surface area contributed by atoms with Crippen molar-refractivity contribution in [3.8, 4) is 0 Å². The van der Waals surface area contributed by atoms with Crippen LogP contribution in [0, 0.1) is 13.8 Å². The number of amides is 2. The average molecular weight is 416 g/mol. The van der Waals surface area contributed by atoms with Crippen molar-refractivity contribution in [2.75, 3.05) is 23.8 Å². The maximum atomic E-state index is 12.5. The number of aryl methyl sites for hydroxylation is 1. The molecule has 7 nitrogen and oxygen atoms in total. The highest BCUT2D eigenvalue weighted by atomic mass is 32.1. The van der Waals surface area contributed by atoms with Crippen molar-refractivity contribution < 1.29 is 19.1 Å². The number of anilines is 2. The van der Waals surface area contributed by atoms with Gasteiger partial charge in [-0.05, 0) is 51.3 Å². The van der Waals surface area contributed by atoms with Gasteiger partial charge < -0.3 is 20.7 Å². The molecule has 3 rings (SSSR count). The van der Waals surface area contributed by atoms with Gasteiger partial charge in [-0.15, -0.1) is 11.3 Å². The Bertz CT molecular complexity index is 934. The number of benzene rings is 1. The average Bonchev–Trinajstić information content (AvgIpc) is 3.45. The van der Waals surface area contributed by atoms with E-state index in [1.165, 1.54) is 11.3 Å². The fourth-order valence-electron chi connectivity index (χ4n) is 2.84. The smallest absolute Gasteiger partial charge is 0.341 e. The lowest BCUT2D eigenvalue weighted by atomic mass is 10.1. The number of thiophene rings is 1. The molecule has 2 amide bonds. The standard InChI is InChI=1S/C21H25N3O4S/c1-4-28-21(27)18-12(2)13(3)29-20(18)24-17(25)11-22-16-8-6-5-7-15(16)19(26)23-14-9-10-14/h5-8,14,22H,4,9-11H2,1-3H3,(H,23,26)(H,24,25). The number of esters is 1. The lowest BCUT2D eigenvalue weighted by Crippen LogP contribution is -2.27. The van der Waals surface area contributed by atoms with Crippen LogP contribution in [0.4, 0.5) is 10.7 Å². The molecule has 8 heteroatoms. The number of rotatable bonds is 8. The largest absolute Gasteiger partial charge is 0.462 e. The van der Waals surface area contributed by atoms with E-state index < -0.39 is 5.97 Å².